The standard InChI is InChI=1S/C11H18N2O3S/c1-5-9-8-10(6-7-11(9)16-4)12-17(14,15)13(2)3/h6-8,12H,5H2,1-4H3. The Hall–Kier alpha value is -1.27. The van der Waals surface area contributed by atoms with Crippen molar-refractivity contribution in [2.24, 2.45) is 0 Å². The maximum atomic E-state index is 11.6. The molecule has 0 bridgehead atoms. The van der Waals surface area contributed by atoms with Crippen molar-refractivity contribution in [2.75, 3.05) is 25.9 Å². The zero-order valence-corrected chi connectivity index (χ0v) is 11.3. The summed E-state index contributed by atoms with van der Waals surface area (Å²) in [5.74, 6) is 0.764. The lowest BCUT2D eigenvalue weighted by Gasteiger charge is -2.15. The van der Waals surface area contributed by atoms with Gasteiger partial charge in [-0.1, -0.05) is 6.92 Å². The average Bonchev–Trinajstić information content (AvgIpc) is 2.28. The first-order chi connectivity index (χ1) is 7.90. The van der Waals surface area contributed by atoms with Crippen molar-refractivity contribution in [1.29, 1.82) is 0 Å². The average molecular weight is 258 g/mol. The molecule has 0 unspecified atom stereocenters. The fraction of sp³-hybridized carbons (Fsp3) is 0.455. The second-order valence-corrected chi connectivity index (χ2v) is 5.65. The highest BCUT2D eigenvalue weighted by molar-refractivity contribution is 7.90. The maximum absolute atomic E-state index is 11.6. The van der Waals surface area contributed by atoms with Crippen molar-refractivity contribution in [2.45, 2.75) is 13.3 Å². The Morgan fingerprint density at radius 3 is 2.47 bits per heavy atom. The van der Waals surface area contributed by atoms with Crippen LogP contribution in [0.25, 0.3) is 0 Å². The van der Waals surface area contributed by atoms with Crippen LogP contribution in [0.3, 0.4) is 0 Å². The highest BCUT2D eigenvalue weighted by atomic mass is 32.2. The summed E-state index contributed by atoms with van der Waals surface area (Å²) in [4.78, 5) is 0. The lowest BCUT2D eigenvalue weighted by Crippen LogP contribution is -2.28. The highest BCUT2D eigenvalue weighted by Crippen LogP contribution is 2.23. The summed E-state index contributed by atoms with van der Waals surface area (Å²) in [6, 6.07) is 5.21. The third kappa shape index (κ3) is 3.34. The molecule has 0 aliphatic rings. The van der Waals surface area contributed by atoms with Crippen molar-refractivity contribution in [3.63, 3.8) is 0 Å². The Morgan fingerprint density at radius 1 is 1.35 bits per heavy atom. The van der Waals surface area contributed by atoms with Crippen molar-refractivity contribution < 1.29 is 13.2 Å². The topological polar surface area (TPSA) is 58.6 Å². The molecule has 0 aliphatic carbocycles. The van der Waals surface area contributed by atoms with Gasteiger partial charge in [0.15, 0.2) is 0 Å². The maximum Gasteiger partial charge on any atom is 0.301 e. The summed E-state index contributed by atoms with van der Waals surface area (Å²) < 4.78 is 32.1. The Morgan fingerprint density at radius 2 is 2.00 bits per heavy atom. The molecule has 0 amide bonds. The van der Waals surface area contributed by atoms with Crippen LogP contribution in [-0.4, -0.2) is 33.9 Å². The van der Waals surface area contributed by atoms with E-state index in [4.69, 9.17) is 4.74 Å². The van der Waals surface area contributed by atoms with Gasteiger partial charge in [0.05, 0.1) is 12.8 Å². The molecule has 0 heterocycles. The van der Waals surface area contributed by atoms with Gasteiger partial charge in [0.25, 0.3) is 0 Å². The van der Waals surface area contributed by atoms with Crippen molar-refractivity contribution in [3.8, 4) is 5.75 Å². The zero-order chi connectivity index (χ0) is 13.1. The summed E-state index contributed by atoms with van der Waals surface area (Å²) in [7, 11) is 1.10. The second-order valence-electron chi connectivity index (χ2n) is 3.77. The van der Waals surface area contributed by atoms with Crippen molar-refractivity contribution in [3.05, 3.63) is 23.8 Å². The molecule has 6 heteroatoms. The van der Waals surface area contributed by atoms with Gasteiger partial charge < -0.3 is 4.74 Å². The van der Waals surface area contributed by atoms with E-state index in [1.165, 1.54) is 14.1 Å². The molecule has 0 radical (unpaired) electrons. The number of hydrogen-bond donors (Lipinski definition) is 1. The van der Waals surface area contributed by atoms with Crippen LogP contribution in [0.15, 0.2) is 18.2 Å². The van der Waals surface area contributed by atoms with Crippen molar-refractivity contribution >= 4 is 15.9 Å². The normalized spacial score (nSPS) is 11.6. The predicted octanol–water partition coefficient (Wildman–Crippen LogP) is 1.48. The number of anilines is 1. The lowest BCUT2D eigenvalue weighted by molar-refractivity contribution is 0.410. The number of nitrogens with zero attached hydrogens (tertiary/aromatic N) is 1. The van der Waals surface area contributed by atoms with Crippen molar-refractivity contribution in [1.82, 2.24) is 4.31 Å². The van der Waals surface area contributed by atoms with E-state index in [2.05, 4.69) is 4.72 Å². The molecule has 0 spiro atoms. The molecular formula is C11H18N2O3S. The van der Waals surface area contributed by atoms with Gasteiger partial charge in [-0.05, 0) is 30.2 Å². The first-order valence-corrected chi connectivity index (χ1v) is 6.72. The van der Waals surface area contributed by atoms with Crippen LogP contribution in [0.5, 0.6) is 5.75 Å². The largest absolute Gasteiger partial charge is 0.496 e. The Labute approximate surface area is 103 Å². The smallest absolute Gasteiger partial charge is 0.301 e. The van der Waals surface area contributed by atoms with Crippen LogP contribution in [0, 0.1) is 0 Å². The van der Waals surface area contributed by atoms with Crippen LogP contribution >= 0.6 is 0 Å². The fourth-order valence-electron chi connectivity index (χ4n) is 1.36. The lowest BCUT2D eigenvalue weighted by atomic mass is 10.1. The van der Waals surface area contributed by atoms with Gasteiger partial charge in [0, 0.05) is 14.1 Å². The van der Waals surface area contributed by atoms with E-state index in [-0.39, 0.29) is 0 Å². The first kappa shape index (κ1) is 13.8. The Bertz CT molecular complexity index is 483. The molecule has 0 aliphatic heterocycles. The van der Waals surface area contributed by atoms with E-state index in [0.29, 0.717) is 5.69 Å². The van der Waals surface area contributed by atoms with Crippen LogP contribution in [0.2, 0.25) is 0 Å². The van der Waals surface area contributed by atoms with Gasteiger partial charge in [-0.2, -0.15) is 12.7 Å². The van der Waals surface area contributed by atoms with E-state index < -0.39 is 10.2 Å². The molecule has 0 aromatic heterocycles. The first-order valence-electron chi connectivity index (χ1n) is 5.28. The number of rotatable bonds is 5. The summed E-state index contributed by atoms with van der Waals surface area (Å²) in [5.41, 5.74) is 1.50. The third-order valence-electron chi connectivity index (χ3n) is 2.39. The number of benzene rings is 1. The quantitative estimate of drug-likeness (QED) is 0.870. The predicted molar refractivity (Wildman–Crippen MR) is 68.6 cm³/mol. The van der Waals surface area contributed by atoms with E-state index in [0.717, 1.165) is 22.0 Å². The molecule has 0 atom stereocenters. The van der Waals surface area contributed by atoms with Gasteiger partial charge >= 0.3 is 10.2 Å². The SMILES string of the molecule is CCc1cc(NS(=O)(=O)N(C)C)ccc1OC. The second kappa shape index (κ2) is 5.37. The molecule has 1 rings (SSSR count). The number of aryl methyl sites for hydroxylation is 1. The molecule has 0 saturated heterocycles. The Balaban J connectivity index is 3.02. The molecule has 0 fully saturated rings. The monoisotopic (exact) mass is 258 g/mol. The molecule has 1 aromatic rings. The molecule has 0 saturated carbocycles. The number of hydrogen-bond acceptors (Lipinski definition) is 3. The van der Waals surface area contributed by atoms with Gasteiger partial charge in [-0.25, -0.2) is 0 Å². The van der Waals surface area contributed by atoms with E-state index >= 15 is 0 Å². The number of ether oxygens (including phenoxy) is 1. The third-order valence-corrected chi connectivity index (χ3v) is 3.84. The minimum absolute atomic E-state index is 0.538. The van der Waals surface area contributed by atoms with Crippen LogP contribution in [0.4, 0.5) is 5.69 Å². The summed E-state index contributed by atoms with van der Waals surface area (Å²) >= 11 is 0. The molecule has 96 valence electrons. The number of nitrogens with one attached hydrogen (secondary N) is 1. The highest BCUT2D eigenvalue weighted by Gasteiger charge is 2.13. The van der Waals surface area contributed by atoms with E-state index in [1.54, 1.807) is 25.3 Å². The molecule has 1 N–H and O–H groups in total. The van der Waals surface area contributed by atoms with Crippen LogP contribution in [0.1, 0.15) is 12.5 Å². The minimum Gasteiger partial charge on any atom is -0.496 e. The zero-order valence-electron chi connectivity index (χ0n) is 10.5. The van der Waals surface area contributed by atoms with Gasteiger partial charge in [-0.15, -0.1) is 0 Å². The minimum atomic E-state index is -3.45. The molecular weight excluding hydrogens is 240 g/mol. The molecule has 5 nitrogen and oxygen atoms in total. The van der Waals surface area contributed by atoms with Gasteiger partial charge in [0.2, 0.25) is 0 Å². The summed E-state index contributed by atoms with van der Waals surface area (Å²) in [5, 5.41) is 0. The van der Waals surface area contributed by atoms with Crippen LogP contribution < -0.4 is 9.46 Å². The van der Waals surface area contributed by atoms with Gasteiger partial charge in [0.1, 0.15) is 5.75 Å². The number of methoxy groups -OCH3 is 1. The van der Waals surface area contributed by atoms with E-state index in [9.17, 15) is 8.42 Å². The van der Waals surface area contributed by atoms with Crippen LogP contribution in [-0.2, 0) is 16.6 Å². The fourth-order valence-corrected chi connectivity index (χ4v) is 1.97. The Kier molecular flexibility index (Phi) is 4.36. The molecule has 1 aromatic carbocycles. The molecule has 17 heavy (non-hydrogen) atoms. The van der Waals surface area contributed by atoms with Gasteiger partial charge in [-0.3, -0.25) is 4.72 Å². The van der Waals surface area contributed by atoms with E-state index in [1.807, 2.05) is 6.92 Å². The summed E-state index contributed by atoms with van der Waals surface area (Å²) in [6.07, 6.45) is 0.778. The summed E-state index contributed by atoms with van der Waals surface area (Å²) in [6.45, 7) is 1.99.